The number of amides is 1. The number of hydrogen-bond acceptors (Lipinski definition) is 2. The third kappa shape index (κ3) is 2.92. The molecule has 1 aromatic rings. The SMILES string of the molecule is CCC1(c2cccc(O)c2)CCCCN(C(=O)C2CC2)C1. The zero-order valence-electron chi connectivity index (χ0n) is 12.8. The van der Waals surface area contributed by atoms with Crippen molar-refractivity contribution in [1.29, 1.82) is 0 Å². The van der Waals surface area contributed by atoms with E-state index in [0.717, 1.165) is 51.6 Å². The van der Waals surface area contributed by atoms with Gasteiger partial charge in [-0.2, -0.15) is 0 Å². The Kier molecular flexibility index (Phi) is 3.92. The van der Waals surface area contributed by atoms with E-state index in [9.17, 15) is 9.90 Å². The zero-order chi connectivity index (χ0) is 14.9. The van der Waals surface area contributed by atoms with Crippen LogP contribution in [-0.4, -0.2) is 29.0 Å². The lowest BCUT2D eigenvalue weighted by molar-refractivity contribution is -0.133. The lowest BCUT2D eigenvalue weighted by Gasteiger charge is -2.36. The Hall–Kier alpha value is -1.51. The maximum absolute atomic E-state index is 12.5. The molecule has 1 aliphatic carbocycles. The number of nitrogens with zero attached hydrogens (tertiary/aromatic N) is 1. The summed E-state index contributed by atoms with van der Waals surface area (Å²) in [6.45, 7) is 3.91. The number of aromatic hydroxyl groups is 1. The summed E-state index contributed by atoms with van der Waals surface area (Å²) in [6.07, 6.45) is 6.49. The van der Waals surface area contributed by atoms with Crippen LogP contribution in [0.1, 0.15) is 51.0 Å². The third-order valence-electron chi connectivity index (χ3n) is 5.20. The van der Waals surface area contributed by atoms with Gasteiger partial charge in [-0.25, -0.2) is 0 Å². The van der Waals surface area contributed by atoms with Crippen molar-refractivity contribution < 1.29 is 9.90 Å². The van der Waals surface area contributed by atoms with Crippen molar-refractivity contribution in [1.82, 2.24) is 4.90 Å². The molecule has 1 saturated heterocycles. The normalized spacial score (nSPS) is 26.4. The first-order valence-electron chi connectivity index (χ1n) is 8.23. The average molecular weight is 287 g/mol. The molecule has 0 aromatic heterocycles. The zero-order valence-corrected chi connectivity index (χ0v) is 12.8. The van der Waals surface area contributed by atoms with E-state index in [4.69, 9.17) is 0 Å². The van der Waals surface area contributed by atoms with Crippen molar-refractivity contribution in [2.45, 2.75) is 50.9 Å². The van der Waals surface area contributed by atoms with Crippen molar-refractivity contribution >= 4 is 5.91 Å². The van der Waals surface area contributed by atoms with Gasteiger partial charge >= 0.3 is 0 Å². The maximum Gasteiger partial charge on any atom is 0.225 e. The Morgan fingerprint density at radius 3 is 2.86 bits per heavy atom. The minimum Gasteiger partial charge on any atom is -0.508 e. The molecule has 0 radical (unpaired) electrons. The van der Waals surface area contributed by atoms with Gasteiger partial charge in [0, 0.05) is 24.4 Å². The Morgan fingerprint density at radius 1 is 1.38 bits per heavy atom. The van der Waals surface area contributed by atoms with Crippen LogP contribution in [0.15, 0.2) is 24.3 Å². The van der Waals surface area contributed by atoms with E-state index in [1.807, 2.05) is 12.1 Å². The molecule has 3 heteroatoms. The highest BCUT2D eigenvalue weighted by atomic mass is 16.3. The highest BCUT2D eigenvalue weighted by Crippen LogP contribution is 2.39. The van der Waals surface area contributed by atoms with Crippen LogP contribution in [0.4, 0.5) is 0 Å². The molecule has 0 bridgehead atoms. The van der Waals surface area contributed by atoms with Crippen molar-refractivity contribution in [2.24, 2.45) is 5.92 Å². The second-order valence-corrected chi connectivity index (χ2v) is 6.68. The van der Waals surface area contributed by atoms with Gasteiger partial charge in [-0.3, -0.25) is 4.79 Å². The average Bonchev–Trinajstić information content (AvgIpc) is 3.33. The van der Waals surface area contributed by atoms with E-state index >= 15 is 0 Å². The predicted octanol–water partition coefficient (Wildman–Crippen LogP) is 3.46. The third-order valence-corrected chi connectivity index (χ3v) is 5.20. The number of likely N-dealkylation sites (tertiary alicyclic amines) is 1. The largest absolute Gasteiger partial charge is 0.508 e. The van der Waals surface area contributed by atoms with Crippen LogP contribution in [0.3, 0.4) is 0 Å². The molecule has 1 aromatic carbocycles. The van der Waals surface area contributed by atoms with Gasteiger partial charge in [0.05, 0.1) is 0 Å². The molecular formula is C18H25NO2. The first-order valence-corrected chi connectivity index (χ1v) is 8.23. The fourth-order valence-electron chi connectivity index (χ4n) is 3.63. The summed E-state index contributed by atoms with van der Waals surface area (Å²) in [7, 11) is 0. The van der Waals surface area contributed by atoms with Crippen LogP contribution < -0.4 is 0 Å². The molecule has 114 valence electrons. The van der Waals surface area contributed by atoms with E-state index < -0.39 is 0 Å². The van der Waals surface area contributed by atoms with Crippen molar-refractivity contribution in [3.63, 3.8) is 0 Å². The van der Waals surface area contributed by atoms with Gasteiger partial charge in [0.15, 0.2) is 0 Å². The molecule has 1 unspecified atom stereocenters. The number of phenols is 1. The Morgan fingerprint density at radius 2 is 2.19 bits per heavy atom. The van der Waals surface area contributed by atoms with E-state index in [0.29, 0.717) is 17.6 Å². The second-order valence-electron chi connectivity index (χ2n) is 6.68. The second kappa shape index (κ2) is 5.70. The first-order chi connectivity index (χ1) is 10.1. The molecule has 1 atom stereocenters. The number of hydrogen-bond donors (Lipinski definition) is 1. The van der Waals surface area contributed by atoms with Crippen LogP contribution in [-0.2, 0) is 10.2 Å². The summed E-state index contributed by atoms with van der Waals surface area (Å²) < 4.78 is 0. The lowest BCUT2D eigenvalue weighted by Crippen LogP contribution is -2.43. The van der Waals surface area contributed by atoms with Gasteiger partial charge in [-0.05, 0) is 49.8 Å². The molecule has 1 aliphatic heterocycles. The summed E-state index contributed by atoms with van der Waals surface area (Å²) in [4.78, 5) is 14.6. The molecule has 2 aliphatic rings. The van der Waals surface area contributed by atoms with Crippen molar-refractivity contribution in [2.75, 3.05) is 13.1 Å². The Bertz CT molecular complexity index is 524. The fourth-order valence-corrected chi connectivity index (χ4v) is 3.63. The maximum atomic E-state index is 12.5. The number of phenolic OH excluding ortho intramolecular Hbond substituents is 1. The van der Waals surface area contributed by atoms with Crippen molar-refractivity contribution in [3.8, 4) is 5.75 Å². The molecule has 2 fully saturated rings. The Balaban J connectivity index is 1.89. The predicted molar refractivity (Wildman–Crippen MR) is 83.2 cm³/mol. The van der Waals surface area contributed by atoms with Gasteiger partial charge in [0.2, 0.25) is 5.91 Å². The molecule has 1 N–H and O–H groups in total. The van der Waals surface area contributed by atoms with Crippen LogP contribution in [0.2, 0.25) is 0 Å². The number of carbonyl (C=O) groups excluding carboxylic acids is 1. The van der Waals surface area contributed by atoms with Crippen LogP contribution in [0, 0.1) is 5.92 Å². The summed E-state index contributed by atoms with van der Waals surface area (Å²) in [5, 5.41) is 9.82. The van der Waals surface area contributed by atoms with Crippen LogP contribution in [0.25, 0.3) is 0 Å². The van der Waals surface area contributed by atoms with Crippen molar-refractivity contribution in [3.05, 3.63) is 29.8 Å². The standard InChI is InChI=1S/C18H25NO2/c1-2-18(15-6-5-7-16(20)12-15)10-3-4-11-19(13-18)17(21)14-8-9-14/h5-7,12,14,20H,2-4,8-11,13H2,1H3. The van der Waals surface area contributed by atoms with E-state index in [1.54, 1.807) is 6.07 Å². The minimum absolute atomic E-state index is 0.000208. The quantitative estimate of drug-likeness (QED) is 0.925. The van der Waals surface area contributed by atoms with Gasteiger partial charge in [-0.15, -0.1) is 0 Å². The van der Waals surface area contributed by atoms with E-state index in [2.05, 4.69) is 17.9 Å². The van der Waals surface area contributed by atoms with Gasteiger partial charge < -0.3 is 10.0 Å². The number of benzene rings is 1. The minimum atomic E-state index is -0.000208. The lowest BCUT2D eigenvalue weighted by atomic mass is 9.74. The Labute approximate surface area is 127 Å². The molecule has 0 spiro atoms. The van der Waals surface area contributed by atoms with Gasteiger partial charge in [0.25, 0.3) is 0 Å². The van der Waals surface area contributed by atoms with Crippen LogP contribution >= 0.6 is 0 Å². The summed E-state index contributed by atoms with van der Waals surface area (Å²) >= 11 is 0. The molecule has 1 saturated carbocycles. The summed E-state index contributed by atoms with van der Waals surface area (Å²) in [6, 6.07) is 7.62. The van der Waals surface area contributed by atoms with E-state index in [-0.39, 0.29) is 5.41 Å². The number of rotatable bonds is 3. The van der Waals surface area contributed by atoms with Gasteiger partial charge in [-0.1, -0.05) is 25.5 Å². The highest BCUT2D eigenvalue weighted by Gasteiger charge is 2.40. The van der Waals surface area contributed by atoms with Crippen LogP contribution in [0.5, 0.6) is 5.75 Å². The first kappa shape index (κ1) is 14.4. The summed E-state index contributed by atoms with van der Waals surface area (Å²) in [5.41, 5.74) is 1.18. The summed E-state index contributed by atoms with van der Waals surface area (Å²) in [5.74, 6) is 0.973. The molecular weight excluding hydrogens is 262 g/mol. The molecule has 21 heavy (non-hydrogen) atoms. The highest BCUT2D eigenvalue weighted by molar-refractivity contribution is 5.81. The smallest absolute Gasteiger partial charge is 0.225 e. The van der Waals surface area contributed by atoms with E-state index in [1.165, 1.54) is 5.56 Å². The van der Waals surface area contributed by atoms with Gasteiger partial charge in [0.1, 0.15) is 5.75 Å². The molecule has 1 amide bonds. The molecule has 3 rings (SSSR count). The topological polar surface area (TPSA) is 40.5 Å². The monoisotopic (exact) mass is 287 g/mol. The fraction of sp³-hybridized carbons (Fsp3) is 0.611. The molecule has 1 heterocycles. The number of carbonyl (C=O) groups is 1. The molecule has 3 nitrogen and oxygen atoms in total.